The van der Waals surface area contributed by atoms with Crippen LogP contribution in [0.3, 0.4) is 0 Å². The van der Waals surface area contributed by atoms with Crippen molar-refractivity contribution in [1.29, 1.82) is 0 Å². The molecule has 0 saturated heterocycles. The number of cyclic esters (lactones) is 1. The molecule has 0 radical (unpaired) electrons. The molecule has 1 aliphatic carbocycles. The lowest BCUT2D eigenvalue weighted by molar-refractivity contribution is 0.0252. The highest BCUT2D eigenvalue weighted by molar-refractivity contribution is 6.06. The molecule has 6 nitrogen and oxygen atoms in total. The number of ether oxygens (including phenoxy) is 1. The summed E-state index contributed by atoms with van der Waals surface area (Å²) in [4.78, 5) is 37.6. The van der Waals surface area contributed by atoms with Crippen molar-refractivity contribution in [3.05, 3.63) is 101 Å². The highest BCUT2D eigenvalue weighted by atomic mass is 16.5. The second-order valence-corrected chi connectivity index (χ2v) is 8.16. The lowest BCUT2D eigenvalue weighted by atomic mass is 9.93. The summed E-state index contributed by atoms with van der Waals surface area (Å²) in [5.74, 6) is -0.827. The smallest absolute Gasteiger partial charge is 0.339 e. The normalized spacial score (nSPS) is 17.1. The monoisotopic (exact) mass is 426 g/mol. The molecule has 1 saturated carbocycles. The second kappa shape index (κ2) is 8.30. The number of hydrogen-bond acceptors (Lipinski definition) is 4. The number of benzene rings is 3. The van der Waals surface area contributed by atoms with E-state index in [4.69, 9.17) is 4.74 Å². The Morgan fingerprint density at radius 1 is 0.844 bits per heavy atom. The maximum atomic E-state index is 12.9. The van der Waals surface area contributed by atoms with Gasteiger partial charge in [0.25, 0.3) is 11.8 Å². The fraction of sp³-hybridized carbons (Fsp3) is 0.192. The molecule has 0 unspecified atom stereocenters. The number of nitrogens with one attached hydrogen (secondary N) is 2. The average Bonchev–Trinajstić information content (AvgIpc) is 3.63. The molecule has 2 N–H and O–H groups in total. The van der Waals surface area contributed by atoms with Crippen molar-refractivity contribution in [2.24, 2.45) is 0 Å². The SMILES string of the molecule is O=C(Nc1cccc(C(=O)NC2CC2)c1)c1ccc2c(c1)C[C@H](c1ccccc1)OC2=O. The van der Waals surface area contributed by atoms with Gasteiger partial charge >= 0.3 is 5.97 Å². The van der Waals surface area contributed by atoms with Crippen LogP contribution in [0.15, 0.2) is 72.8 Å². The Morgan fingerprint density at radius 2 is 1.62 bits per heavy atom. The first-order valence-corrected chi connectivity index (χ1v) is 10.7. The van der Waals surface area contributed by atoms with Crippen LogP contribution < -0.4 is 10.6 Å². The van der Waals surface area contributed by atoms with Crippen LogP contribution in [0.25, 0.3) is 0 Å². The molecule has 6 heteroatoms. The van der Waals surface area contributed by atoms with Crippen molar-refractivity contribution >= 4 is 23.5 Å². The lowest BCUT2D eigenvalue weighted by Gasteiger charge is -2.25. The second-order valence-electron chi connectivity index (χ2n) is 8.16. The minimum atomic E-state index is -0.388. The summed E-state index contributed by atoms with van der Waals surface area (Å²) >= 11 is 0. The van der Waals surface area contributed by atoms with Crippen molar-refractivity contribution < 1.29 is 19.1 Å². The molecule has 2 aliphatic rings. The van der Waals surface area contributed by atoms with Gasteiger partial charge in [0.05, 0.1) is 5.56 Å². The molecule has 3 aromatic rings. The number of hydrogen-bond donors (Lipinski definition) is 2. The quantitative estimate of drug-likeness (QED) is 0.596. The van der Waals surface area contributed by atoms with E-state index in [1.54, 1.807) is 42.5 Å². The zero-order valence-corrected chi connectivity index (χ0v) is 17.3. The van der Waals surface area contributed by atoms with Crippen LogP contribution >= 0.6 is 0 Å². The third-order valence-corrected chi connectivity index (χ3v) is 5.71. The van der Waals surface area contributed by atoms with Crippen LogP contribution in [0.1, 0.15) is 61.1 Å². The first-order chi connectivity index (χ1) is 15.6. The first-order valence-electron chi connectivity index (χ1n) is 10.7. The van der Waals surface area contributed by atoms with E-state index in [1.807, 2.05) is 30.3 Å². The van der Waals surface area contributed by atoms with Crippen molar-refractivity contribution in [3.63, 3.8) is 0 Å². The van der Waals surface area contributed by atoms with Gasteiger partial charge in [-0.25, -0.2) is 4.79 Å². The molecule has 1 aliphatic heterocycles. The first kappa shape index (κ1) is 20.0. The molecule has 1 fully saturated rings. The predicted molar refractivity (Wildman–Crippen MR) is 120 cm³/mol. The van der Waals surface area contributed by atoms with Gasteiger partial charge in [0.15, 0.2) is 0 Å². The van der Waals surface area contributed by atoms with Crippen molar-refractivity contribution in [2.45, 2.75) is 31.4 Å². The maximum absolute atomic E-state index is 12.9. The molecule has 3 aromatic carbocycles. The molecule has 0 bridgehead atoms. The Balaban J connectivity index is 1.33. The number of esters is 1. The minimum absolute atomic E-state index is 0.136. The molecule has 32 heavy (non-hydrogen) atoms. The third-order valence-electron chi connectivity index (χ3n) is 5.71. The zero-order chi connectivity index (χ0) is 22.1. The summed E-state index contributed by atoms with van der Waals surface area (Å²) in [6, 6.07) is 21.7. The topological polar surface area (TPSA) is 84.5 Å². The fourth-order valence-corrected chi connectivity index (χ4v) is 3.83. The molecular weight excluding hydrogens is 404 g/mol. The van der Waals surface area contributed by atoms with E-state index < -0.39 is 0 Å². The van der Waals surface area contributed by atoms with Crippen LogP contribution in [0.2, 0.25) is 0 Å². The van der Waals surface area contributed by atoms with Gasteiger partial charge in [0, 0.05) is 29.3 Å². The van der Waals surface area contributed by atoms with Crippen LogP contribution in [0, 0.1) is 0 Å². The molecule has 160 valence electrons. The van der Waals surface area contributed by atoms with Crippen LogP contribution in [-0.4, -0.2) is 23.8 Å². The van der Waals surface area contributed by atoms with Crippen molar-refractivity contribution in [2.75, 3.05) is 5.32 Å². The van der Waals surface area contributed by atoms with Gasteiger partial charge in [0.2, 0.25) is 0 Å². The lowest BCUT2D eigenvalue weighted by Crippen LogP contribution is -2.25. The van der Waals surface area contributed by atoms with Crippen molar-refractivity contribution in [1.82, 2.24) is 5.32 Å². The average molecular weight is 426 g/mol. The highest BCUT2D eigenvalue weighted by Crippen LogP contribution is 2.31. The molecule has 5 rings (SSSR count). The van der Waals surface area contributed by atoms with Crippen LogP contribution in [0.4, 0.5) is 5.69 Å². The summed E-state index contributed by atoms with van der Waals surface area (Å²) in [7, 11) is 0. The number of amides is 2. The molecule has 1 heterocycles. The maximum Gasteiger partial charge on any atom is 0.339 e. The van der Waals surface area contributed by atoms with Gasteiger partial charge in [-0.2, -0.15) is 0 Å². The largest absolute Gasteiger partial charge is 0.454 e. The molecule has 0 aromatic heterocycles. The molecular formula is C26H22N2O4. The summed E-state index contributed by atoms with van der Waals surface area (Å²) in [6.45, 7) is 0. The van der Waals surface area contributed by atoms with Gasteiger partial charge in [-0.15, -0.1) is 0 Å². The number of rotatable bonds is 5. The summed E-state index contributed by atoms with van der Waals surface area (Å²) < 4.78 is 5.58. The van der Waals surface area contributed by atoms with E-state index in [0.717, 1.165) is 24.0 Å². The zero-order valence-electron chi connectivity index (χ0n) is 17.3. The van der Waals surface area contributed by atoms with Crippen LogP contribution in [-0.2, 0) is 11.2 Å². The van der Waals surface area contributed by atoms with Crippen LogP contribution in [0.5, 0.6) is 0 Å². The minimum Gasteiger partial charge on any atom is -0.454 e. The number of anilines is 1. The fourth-order valence-electron chi connectivity index (χ4n) is 3.83. The number of carbonyl (C=O) groups is 3. The van der Waals surface area contributed by atoms with Gasteiger partial charge in [-0.05, 0) is 60.4 Å². The standard InChI is InChI=1S/C26H22N2O4/c29-24(27-20-10-11-20)17-7-4-8-21(14-17)28-25(30)18-9-12-22-19(13-18)15-23(32-26(22)31)16-5-2-1-3-6-16/h1-9,12-14,20,23H,10-11,15H2,(H,27,29)(H,28,30)/t23-/m1/s1. The van der Waals surface area contributed by atoms with E-state index in [1.165, 1.54) is 0 Å². The predicted octanol–water partition coefficient (Wildman–Crippen LogP) is 4.29. The van der Waals surface area contributed by atoms with Crippen molar-refractivity contribution in [3.8, 4) is 0 Å². The van der Waals surface area contributed by atoms with Gasteiger partial charge in [-0.3, -0.25) is 9.59 Å². The van der Waals surface area contributed by atoms with Gasteiger partial charge in [0.1, 0.15) is 6.10 Å². The Morgan fingerprint density at radius 3 is 2.41 bits per heavy atom. The Labute approximate surface area is 185 Å². The number of carbonyl (C=O) groups excluding carboxylic acids is 3. The summed E-state index contributed by atoms with van der Waals surface area (Å²) in [5, 5.41) is 5.79. The Hall–Kier alpha value is -3.93. The summed E-state index contributed by atoms with van der Waals surface area (Å²) in [5.41, 5.74) is 3.67. The number of fused-ring (bicyclic) bond motifs is 1. The van der Waals surface area contributed by atoms with Gasteiger partial charge < -0.3 is 15.4 Å². The highest BCUT2D eigenvalue weighted by Gasteiger charge is 2.28. The summed E-state index contributed by atoms with van der Waals surface area (Å²) in [6.07, 6.45) is 2.15. The Bertz CT molecular complexity index is 1200. The molecule has 2 amide bonds. The Kier molecular flexibility index (Phi) is 5.19. The third kappa shape index (κ3) is 4.25. The van der Waals surface area contributed by atoms with E-state index in [-0.39, 0.29) is 29.9 Å². The van der Waals surface area contributed by atoms with E-state index in [9.17, 15) is 14.4 Å². The molecule has 0 spiro atoms. The van der Waals surface area contributed by atoms with E-state index in [2.05, 4.69) is 10.6 Å². The van der Waals surface area contributed by atoms with E-state index >= 15 is 0 Å². The molecule has 1 atom stereocenters. The van der Waals surface area contributed by atoms with E-state index in [0.29, 0.717) is 28.8 Å². The van der Waals surface area contributed by atoms with Gasteiger partial charge in [-0.1, -0.05) is 36.4 Å².